The highest BCUT2D eigenvalue weighted by molar-refractivity contribution is 8.00. The predicted molar refractivity (Wildman–Crippen MR) is 201 cm³/mol. The van der Waals surface area contributed by atoms with Gasteiger partial charge in [-0.15, -0.1) is 4.37 Å². The number of nitrogens with zero attached hydrogens (tertiary/aromatic N) is 2. The number of carbonyl (C=O) groups is 1. The first kappa shape index (κ1) is 36.0. The number of aromatic nitrogens is 2. The minimum Gasteiger partial charge on any atom is -0.465 e. The van der Waals surface area contributed by atoms with Crippen LogP contribution in [-0.4, -0.2) is 46.9 Å². The van der Waals surface area contributed by atoms with Gasteiger partial charge in [0, 0.05) is 5.54 Å². The lowest BCUT2D eigenvalue weighted by Gasteiger charge is -2.68. The van der Waals surface area contributed by atoms with Gasteiger partial charge in [-0.25, -0.2) is 0 Å². The molecule has 7 rings (SSSR count). The Kier molecular flexibility index (Phi) is 9.95. The van der Waals surface area contributed by atoms with E-state index < -0.39 is 5.41 Å². The number of ether oxygens (including phenoxy) is 2. The molecular weight excluding hydrogens is 647 g/mol. The number of nitrogens with one attached hydrogen (secondary N) is 1. The number of esters is 1. The Bertz CT molecular complexity index is 1450. The van der Waals surface area contributed by atoms with E-state index in [1.165, 1.54) is 94.3 Å². The van der Waals surface area contributed by atoms with Gasteiger partial charge < -0.3 is 14.8 Å². The monoisotopic (exact) mass is 709 g/mol. The van der Waals surface area contributed by atoms with Crippen LogP contribution in [0.3, 0.4) is 0 Å². The molecular formula is C41H63N3O3S2. The second-order valence-corrected chi connectivity index (χ2v) is 19.7. The Labute approximate surface area is 305 Å². The summed E-state index contributed by atoms with van der Waals surface area (Å²) in [6.45, 7) is 16.6. The highest BCUT2D eigenvalue weighted by atomic mass is 32.2. The largest absolute Gasteiger partial charge is 0.465 e. The molecule has 0 amide bonds. The van der Waals surface area contributed by atoms with Gasteiger partial charge in [0.05, 0.1) is 6.61 Å². The lowest BCUT2D eigenvalue weighted by Crippen LogP contribution is -2.63. The van der Waals surface area contributed by atoms with E-state index in [-0.39, 0.29) is 18.0 Å². The Morgan fingerprint density at radius 1 is 0.959 bits per heavy atom. The van der Waals surface area contributed by atoms with Crippen LogP contribution in [-0.2, 0) is 9.53 Å². The summed E-state index contributed by atoms with van der Waals surface area (Å²) in [4.78, 5) is 17.9. The van der Waals surface area contributed by atoms with Crippen LogP contribution in [0.2, 0.25) is 0 Å². The number of fused-ring (bicyclic) bond motifs is 7. The van der Waals surface area contributed by atoms with Crippen molar-refractivity contribution in [2.24, 2.45) is 51.2 Å². The van der Waals surface area contributed by atoms with E-state index in [0.717, 1.165) is 40.9 Å². The van der Waals surface area contributed by atoms with Gasteiger partial charge >= 0.3 is 12.0 Å². The summed E-state index contributed by atoms with van der Waals surface area (Å²) in [7, 11) is 0. The van der Waals surface area contributed by atoms with Crippen LogP contribution in [0.15, 0.2) is 27.6 Å². The van der Waals surface area contributed by atoms with E-state index >= 15 is 0 Å². The Morgan fingerprint density at radius 3 is 2.51 bits per heavy atom. The zero-order valence-electron chi connectivity index (χ0n) is 31.5. The summed E-state index contributed by atoms with van der Waals surface area (Å²) in [5.74, 6) is 4.02. The van der Waals surface area contributed by atoms with Crippen molar-refractivity contribution in [1.29, 1.82) is 0 Å². The maximum absolute atomic E-state index is 13.4. The van der Waals surface area contributed by atoms with Crippen LogP contribution in [0, 0.1) is 51.2 Å². The highest BCUT2D eigenvalue weighted by Crippen LogP contribution is 2.72. The van der Waals surface area contributed by atoms with Crippen molar-refractivity contribution in [3.05, 3.63) is 23.3 Å². The van der Waals surface area contributed by atoms with Crippen LogP contribution < -0.4 is 10.1 Å². The van der Waals surface area contributed by atoms with Gasteiger partial charge in [-0.05, 0) is 172 Å². The normalized spacial score (nSPS) is 41.0. The Morgan fingerprint density at radius 2 is 1.80 bits per heavy atom. The van der Waals surface area contributed by atoms with Gasteiger partial charge in [0.25, 0.3) is 0 Å². The Hall–Kier alpha value is -1.38. The summed E-state index contributed by atoms with van der Waals surface area (Å²) in [6, 6.07) is 0.366. The van der Waals surface area contributed by atoms with Crippen molar-refractivity contribution in [3.63, 3.8) is 0 Å². The maximum Gasteiger partial charge on any atom is 0.329 e. The summed E-state index contributed by atoms with van der Waals surface area (Å²) in [5.41, 5.74) is 3.63. The van der Waals surface area contributed by atoms with Crippen molar-refractivity contribution < 1.29 is 14.3 Å². The van der Waals surface area contributed by atoms with Crippen molar-refractivity contribution in [2.75, 3.05) is 26.0 Å². The van der Waals surface area contributed by atoms with E-state index in [4.69, 9.17) is 9.47 Å². The molecule has 0 bridgehead atoms. The van der Waals surface area contributed by atoms with E-state index in [0.29, 0.717) is 41.3 Å². The topological polar surface area (TPSA) is 73.3 Å². The van der Waals surface area contributed by atoms with E-state index in [1.807, 2.05) is 13.2 Å². The standard InChI is InChI=1S/C41H63N3O3S2/c1-8-25-42-41-19-10-11-31(41)28-12-13-33-38(5,30(28)17-24-41)21-18-32-37(3,4)29(16-20-39(32,33)6)27-14-22-40(23-15-27,34(45)46-9-2)26-47-35-43-36(48-7)49-44-35/h14,16,28,30-33,42H,8-13,15,17-26H2,1-7H3/t28-,30?,31?,32?,33?,38-,39-,40?,41-/m0/s1. The molecule has 1 aromatic heterocycles. The van der Waals surface area contributed by atoms with Crippen LogP contribution in [0.5, 0.6) is 6.01 Å². The zero-order valence-corrected chi connectivity index (χ0v) is 33.1. The molecule has 1 heterocycles. The number of hydrogen-bond acceptors (Lipinski definition) is 8. The fourth-order valence-corrected chi connectivity index (χ4v) is 14.3. The second-order valence-electron chi connectivity index (χ2n) is 17.9. The molecule has 4 saturated carbocycles. The molecule has 9 atom stereocenters. The molecule has 6 aliphatic carbocycles. The molecule has 6 nitrogen and oxygen atoms in total. The second kappa shape index (κ2) is 13.5. The van der Waals surface area contributed by atoms with Gasteiger partial charge in [0.1, 0.15) is 12.0 Å². The molecule has 8 heteroatoms. The third-order valence-corrected chi connectivity index (χ3v) is 17.2. The SMILES string of the molecule is CCCN[C@]12CCCC1[C@H]1CCC3[C@@](C)(CCC4C(C)(C)C(C5=CCC(COc6nsc(SC)n6)(C(=O)OCC)CC5)=CC[C@@]43C)C1CC2. The molecule has 1 aromatic rings. The summed E-state index contributed by atoms with van der Waals surface area (Å²) >= 11 is 2.90. The molecule has 49 heavy (non-hydrogen) atoms. The predicted octanol–water partition coefficient (Wildman–Crippen LogP) is 10.1. The van der Waals surface area contributed by atoms with Crippen molar-refractivity contribution in [1.82, 2.24) is 14.7 Å². The highest BCUT2D eigenvalue weighted by Gasteiger charge is 2.65. The molecule has 4 fully saturated rings. The van der Waals surface area contributed by atoms with E-state index in [9.17, 15) is 4.79 Å². The van der Waals surface area contributed by atoms with Gasteiger partial charge in [0.15, 0.2) is 4.34 Å². The molecule has 0 spiro atoms. The molecule has 272 valence electrons. The first-order valence-electron chi connectivity index (χ1n) is 19.8. The minimum atomic E-state index is -0.702. The van der Waals surface area contributed by atoms with Crippen molar-refractivity contribution >= 4 is 29.3 Å². The van der Waals surface area contributed by atoms with Crippen molar-refractivity contribution in [3.8, 4) is 6.01 Å². The van der Waals surface area contributed by atoms with Gasteiger partial charge in [-0.3, -0.25) is 4.79 Å². The van der Waals surface area contributed by atoms with Gasteiger partial charge in [-0.1, -0.05) is 65.0 Å². The molecule has 5 unspecified atom stereocenters. The number of thioether (sulfide) groups is 1. The quantitative estimate of drug-likeness (QED) is 0.192. The maximum atomic E-state index is 13.4. The van der Waals surface area contributed by atoms with Crippen LogP contribution >= 0.6 is 23.3 Å². The molecule has 0 saturated heterocycles. The number of allylic oxidation sites excluding steroid dienone is 4. The average molecular weight is 710 g/mol. The van der Waals surface area contributed by atoms with Crippen LogP contribution in [0.25, 0.3) is 0 Å². The van der Waals surface area contributed by atoms with Crippen LogP contribution in [0.1, 0.15) is 131 Å². The van der Waals surface area contributed by atoms with Crippen molar-refractivity contribution in [2.45, 2.75) is 141 Å². The first-order valence-corrected chi connectivity index (χ1v) is 21.8. The molecule has 0 radical (unpaired) electrons. The molecule has 0 aliphatic heterocycles. The summed E-state index contributed by atoms with van der Waals surface area (Å²) in [5, 5.41) is 4.15. The Balaban J connectivity index is 1.10. The van der Waals surface area contributed by atoms with Gasteiger partial charge in [-0.2, -0.15) is 4.98 Å². The van der Waals surface area contributed by atoms with Crippen LogP contribution in [0.4, 0.5) is 0 Å². The van der Waals surface area contributed by atoms with Gasteiger partial charge in [0.2, 0.25) is 0 Å². The number of rotatable bonds is 10. The number of carbonyl (C=O) groups excluding carboxylic acids is 1. The fraction of sp³-hybridized carbons (Fsp3) is 0.829. The molecule has 6 aliphatic rings. The molecule has 0 aromatic carbocycles. The first-order chi connectivity index (χ1) is 23.5. The third-order valence-electron chi connectivity index (χ3n) is 15.5. The fourth-order valence-electron chi connectivity index (χ4n) is 13.4. The van der Waals surface area contributed by atoms with E-state index in [2.05, 4.69) is 61.4 Å². The summed E-state index contributed by atoms with van der Waals surface area (Å²) < 4.78 is 16.9. The zero-order chi connectivity index (χ0) is 34.7. The lowest BCUT2D eigenvalue weighted by molar-refractivity contribution is -0.175. The molecule has 1 N–H and O–H groups in total. The number of hydrogen-bond donors (Lipinski definition) is 1. The smallest absolute Gasteiger partial charge is 0.329 e. The average Bonchev–Trinajstić information content (AvgIpc) is 3.74. The minimum absolute atomic E-state index is 0.105. The lowest BCUT2D eigenvalue weighted by atomic mass is 9.37. The summed E-state index contributed by atoms with van der Waals surface area (Å²) in [6.07, 6.45) is 24.4. The van der Waals surface area contributed by atoms with E-state index in [1.54, 1.807) is 17.3 Å². The third kappa shape index (κ3) is 5.88.